The summed E-state index contributed by atoms with van der Waals surface area (Å²) < 4.78 is 5.91. The number of nitrogens with zero attached hydrogens (tertiary/aromatic N) is 2. The molecule has 0 N–H and O–H groups in total. The van der Waals surface area contributed by atoms with Crippen LogP contribution in [0.5, 0.6) is 0 Å². The van der Waals surface area contributed by atoms with Gasteiger partial charge in [0.25, 0.3) is 5.91 Å². The number of benzene rings is 1. The molecule has 4 rings (SSSR count). The SMILES string of the molecule is O=C(N1CCCO1)[C@@]12CCO[C@@H]1CCN(Cc1ccccc1)C2. The van der Waals surface area contributed by atoms with Gasteiger partial charge in [0, 0.05) is 26.2 Å². The van der Waals surface area contributed by atoms with Crippen molar-refractivity contribution < 1.29 is 14.4 Å². The van der Waals surface area contributed by atoms with Crippen LogP contribution in [0.1, 0.15) is 24.8 Å². The Balaban J connectivity index is 1.52. The largest absolute Gasteiger partial charge is 0.377 e. The highest BCUT2D eigenvalue weighted by molar-refractivity contribution is 5.83. The van der Waals surface area contributed by atoms with Crippen LogP contribution in [-0.2, 0) is 20.9 Å². The Kier molecular flexibility index (Phi) is 4.09. The van der Waals surface area contributed by atoms with E-state index in [2.05, 4.69) is 29.2 Å². The first kappa shape index (κ1) is 15.1. The van der Waals surface area contributed by atoms with E-state index in [-0.39, 0.29) is 12.0 Å². The lowest BCUT2D eigenvalue weighted by molar-refractivity contribution is -0.187. The molecule has 3 aliphatic heterocycles. The highest BCUT2D eigenvalue weighted by atomic mass is 16.7. The number of hydrogen-bond acceptors (Lipinski definition) is 4. The summed E-state index contributed by atoms with van der Waals surface area (Å²) >= 11 is 0. The van der Waals surface area contributed by atoms with Gasteiger partial charge in [-0.1, -0.05) is 30.3 Å². The Morgan fingerprint density at radius 2 is 2.09 bits per heavy atom. The van der Waals surface area contributed by atoms with Crippen LogP contribution in [0.4, 0.5) is 0 Å². The van der Waals surface area contributed by atoms with Crippen molar-refractivity contribution in [2.75, 3.05) is 32.8 Å². The summed E-state index contributed by atoms with van der Waals surface area (Å²) in [4.78, 5) is 21.0. The quantitative estimate of drug-likeness (QED) is 0.853. The first-order valence-electron chi connectivity index (χ1n) is 8.61. The molecule has 1 aromatic carbocycles. The zero-order chi connectivity index (χ0) is 15.7. The van der Waals surface area contributed by atoms with Crippen molar-refractivity contribution in [2.45, 2.75) is 31.9 Å². The Labute approximate surface area is 137 Å². The maximum Gasteiger partial charge on any atom is 0.256 e. The van der Waals surface area contributed by atoms with E-state index in [1.54, 1.807) is 5.06 Å². The lowest BCUT2D eigenvalue weighted by atomic mass is 9.75. The van der Waals surface area contributed by atoms with E-state index in [1.165, 1.54) is 5.56 Å². The molecule has 124 valence electrons. The highest BCUT2D eigenvalue weighted by Crippen LogP contribution is 2.43. The van der Waals surface area contributed by atoms with Gasteiger partial charge in [-0.2, -0.15) is 0 Å². The van der Waals surface area contributed by atoms with E-state index in [9.17, 15) is 4.79 Å². The number of fused-ring (bicyclic) bond motifs is 1. The summed E-state index contributed by atoms with van der Waals surface area (Å²) in [6, 6.07) is 10.5. The molecule has 1 amide bonds. The Bertz CT molecular complexity index is 559. The standard InChI is InChI=1S/C18H24N2O3/c21-17(20-9-4-11-23-20)18-8-12-22-16(18)7-10-19(14-18)13-15-5-2-1-3-6-15/h1-3,5-6,16H,4,7-14H2/t16-,18-/m1/s1. The summed E-state index contributed by atoms with van der Waals surface area (Å²) in [6.07, 6.45) is 2.71. The van der Waals surface area contributed by atoms with Crippen LogP contribution >= 0.6 is 0 Å². The third-order valence-corrected chi connectivity index (χ3v) is 5.35. The Morgan fingerprint density at radius 1 is 1.22 bits per heavy atom. The Morgan fingerprint density at radius 3 is 2.87 bits per heavy atom. The number of hydroxylamine groups is 2. The van der Waals surface area contributed by atoms with Crippen LogP contribution in [0.25, 0.3) is 0 Å². The van der Waals surface area contributed by atoms with Crippen LogP contribution in [0.15, 0.2) is 30.3 Å². The van der Waals surface area contributed by atoms with Crippen molar-refractivity contribution in [3.8, 4) is 0 Å². The van der Waals surface area contributed by atoms with Crippen molar-refractivity contribution in [2.24, 2.45) is 5.41 Å². The average molecular weight is 316 g/mol. The summed E-state index contributed by atoms with van der Waals surface area (Å²) in [5.74, 6) is 0.135. The molecule has 0 saturated carbocycles. The molecule has 0 unspecified atom stereocenters. The molecule has 5 nitrogen and oxygen atoms in total. The number of hydrogen-bond donors (Lipinski definition) is 0. The molecule has 2 atom stereocenters. The predicted octanol–water partition coefficient (Wildman–Crippen LogP) is 1.83. The minimum atomic E-state index is -0.419. The number of carbonyl (C=O) groups excluding carboxylic acids is 1. The van der Waals surface area contributed by atoms with Crippen molar-refractivity contribution in [1.29, 1.82) is 0 Å². The zero-order valence-corrected chi connectivity index (χ0v) is 13.4. The first-order chi connectivity index (χ1) is 11.3. The number of ether oxygens (including phenoxy) is 1. The molecule has 5 heteroatoms. The second-order valence-corrected chi connectivity index (χ2v) is 6.84. The van der Waals surface area contributed by atoms with Crippen LogP contribution < -0.4 is 0 Å². The van der Waals surface area contributed by atoms with Gasteiger partial charge in [0.05, 0.1) is 24.7 Å². The van der Waals surface area contributed by atoms with Crippen LogP contribution in [0.2, 0.25) is 0 Å². The van der Waals surface area contributed by atoms with Crippen molar-refractivity contribution in [3.63, 3.8) is 0 Å². The average Bonchev–Trinajstić information content (AvgIpc) is 3.25. The first-order valence-corrected chi connectivity index (χ1v) is 8.61. The highest BCUT2D eigenvalue weighted by Gasteiger charge is 2.55. The van der Waals surface area contributed by atoms with Crippen molar-refractivity contribution in [1.82, 2.24) is 9.96 Å². The lowest BCUT2D eigenvalue weighted by Gasteiger charge is -2.43. The monoisotopic (exact) mass is 316 g/mol. The maximum atomic E-state index is 13.1. The second-order valence-electron chi connectivity index (χ2n) is 6.84. The van der Waals surface area contributed by atoms with Crippen molar-refractivity contribution in [3.05, 3.63) is 35.9 Å². The van der Waals surface area contributed by atoms with Crippen LogP contribution in [-0.4, -0.2) is 54.8 Å². The van der Waals surface area contributed by atoms with Gasteiger partial charge in [0.15, 0.2) is 0 Å². The fraction of sp³-hybridized carbons (Fsp3) is 0.611. The normalized spacial score (nSPS) is 31.3. The molecular weight excluding hydrogens is 292 g/mol. The van der Waals surface area contributed by atoms with E-state index in [0.717, 1.165) is 38.9 Å². The van der Waals surface area contributed by atoms with E-state index in [0.29, 0.717) is 19.8 Å². The maximum absolute atomic E-state index is 13.1. The molecule has 0 bridgehead atoms. The van der Waals surface area contributed by atoms with Gasteiger partial charge in [0.2, 0.25) is 0 Å². The third-order valence-electron chi connectivity index (χ3n) is 5.35. The van der Waals surface area contributed by atoms with Crippen LogP contribution in [0, 0.1) is 5.41 Å². The van der Waals surface area contributed by atoms with E-state index in [4.69, 9.17) is 9.57 Å². The topological polar surface area (TPSA) is 42.0 Å². The minimum Gasteiger partial charge on any atom is -0.377 e. The molecule has 0 spiro atoms. The molecule has 0 aliphatic carbocycles. The molecule has 3 aliphatic rings. The summed E-state index contributed by atoms with van der Waals surface area (Å²) in [5, 5.41) is 1.59. The fourth-order valence-corrected chi connectivity index (χ4v) is 4.17. The smallest absolute Gasteiger partial charge is 0.256 e. The van der Waals surface area contributed by atoms with Crippen molar-refractivity contribution >= 4 is 5.91 Å². The number of piperidine rings is 1. The Hall–Kier alpha value is -1.43. The number of likely N-dealkylation sites (tertiary alicyclic amines) is 1. The van der Waals surface area contributed by atoms with E-state index in [1.807, 2.05) is 6.07 Å². The predicted molar refractivity (Wildman–Crippen MR) is 85.4 cm³/mol. The van der Waals surface area contributed by atoms with Crippen LogP contribution in [0.3, 0.4) is 0 Å². The molecule has 0 aromatic heterocycles. The van der Waals surface area contributed by atoms with E-state index >= 15 is 0 Å². The zero-order valence-electron chi connectivity index (χ0n) is 13.4. The minimum absolute atomic E-state index is 0.0474. The van der Waals surface area contributed by atoms with Gasteiger partial charge < -0.3 is 4.74 Å². The van der Waals surface area contributed by atoms with Gasteiger partial charge in [0.1, 0.15) is 0 Å². The summed E-state index contributed by atoms with van der Waals surface area (Å²) in [6.45, 7) is 4.70. The molecule has 3 fully saturated rings. The van der Waals surface area contributed by atoms with Gasteiger partial charge in [-0.15, -0.1) is 0 Å². The lowest BCUT2D eigenvalue weighted by Crippen LogP contribution is -2.57. The van der Waals surface area contributed by atoms with Gasteiger partial charge in [-0.05, 0) is 24.8 Å². The number of amides is 1. The summed E-state index contributed by atoms with van der Waals surface area (Å²) in [7, 11) is 0. The third kappa shape index (κ3) is 2.77. The molecule has 23 heavy (non-hydrogen) atoms. The fourth-order valence-electron chi connectivity index (χ4n) is 4.17. The van der Waals surface area contributed by atoms with Gasteiger partial charge in [-0.25, -0.2) is 5.06 Å². The van der Waals surface area contributed by atoms with E-state index < -0.39 is 5.41 Å². The molecule has 3 heterocycles. The molecule has 3 saturated heterocycles. The second kappa shape index (κ2) is 6.23. The van der Waals surface area contributed by atoms with Gasteiger partial charge >= 0.3 is 0 Å². The number of carbonyl (C=O) groups is 1. The van der Waals surface area contributed by atoms with Gasteiger partial charge in [-0.3, -0.25) is 14.5 Å². The molecule has 1 aromatic rings. The molecular formula is C18H24N2O3. The molecule has 0 radical (unpaired) electrons. The number of rotatable bonds is 3. The summed E-state index contributed by atoms with van der Waals surface area (Å²) in [5.41, 5.74) is 0.877.